The van der Waals surface area contributed by atoms with E-state index < -0.39 is 0 Å². The molecule has 0 radical (unpaired) electrons. The molecule has 0 aliphatic heterocycles. The molecule has 92 valence electrons. The van der Waals surface area contributed by atoms with Gasteiger partial charge in [0.15, 0.2) is 0 Å². The first-order valence-electron chi connectivity index (χ1n) is 6.57. The normalized spacial score (nSPS) is 12.3. The van der Waals surface area contributed by atoms with Gasteiger partial charge in [-0.15, -0.1) is 0 Å². The molecule has 0 spiro atoms. The van der Waals surface area contributed by atoms with Gasteiger partial charge in [0.25, 0.3) is 0 Å². The summed E-state index contributed by atoms with van der Waals surface area (Å²) in [6.07, 6.45) is 7.32. The quantitative estimate of drug-likeness (QED) is 0.457. The third-order valence-corrected chi connectivity index (χ3v) is 3.87. The summed E-state index contributed by atoms with van der Waals surface area (Å²) in [5.41, 5.74) is 6.91. The summed E-state index contributed by atoms with van der Waals surface area (Å²) in [6, 6.07) is 15.3. The third-order valence-electron chi connectivity index (χ3n) is 3.87. The number of hydrogen-bond acceptors (Lipinski definition) is 0. The number of imidazole rings is 1. The van der Waals surface area contributed by atoms with Gasteiger partial charge in [-0.25, -0.2) is 9.13 Å². The summed E-state index contributed by atoms with van der Waals surface area (Å²) < 4.78 is 4.27. The fraction of sp³-hybridized carbons (Fsp3) is 0.118. The molecule has 1 aromatic heterocycles. The van der Waals surface area contributed by atoms with Crippen LogP contribution in [0.15, 0.2) is 61.2 Å². The monoisotopic (exact) mass is 247 g/mol. The van der Waals surface area contributed by atoms with Gasteiger partial charge < -0.3 is 0 Å². The lowest BCUT2D eigenvalue weighted by Gasteiger charge is -2.04. The lowest BCUT2D eigenvalue weighted by atomic mass is 10.1. The van der Waals surface area contributed by atoms with Gasteiger partial charge in [-0.1, -0.05) is 36.4 Å². The molecule has 0 saturated carbocycles. The van der Waals surface area contributed by atoms with Crippen molar-refractivity contribution >= 4 is 0 Å². The summed E-state index contributed by atoms with van der Waals surface area (Å²) in [5.74, 6) is 0. The minimum Gasteiger partial charge on any atom is -0.239 e. The SMILES string of the molecule is C[n+]1ccn(-c2cccc3c2Cc2ccccc2-3)c1. The summed E-state index contributed by atoms with van der Waals surface area (Å²) in [4.78, 5) is 0. The number of aryl methyl sites for hydroxylation is 1. The maximum Gasteiger partial charge on any atom is 0.248 e. The van der Waals surface area contributed by atoms with Crippen LogP contribution in [0.3, 0.4) is 0 Å². The lowest BCUT2D eigenvalue weighted by Crippen LogP contribution is -2.23. The van der Waals surface area contributed by atoms with Crippen molar-refractivity contribution in [1.82, 2.24) is 4.57 Å². The van der Waals surface area contributed by atoms with Gasteiger partial charge in [-0.05, 0) is 22.8 Å². The van der Waals surface area contributed by atoms with Crippen molar-refractivity contribution in [2.24, 2.45) is 7.05 Å². The van der Waals surface area contributed by atoms with Crippen LogP contribution in [0.2, 0.25) is 0 Å². The number of aromatic nitrogens is 2. The highest BCUT2D eigenvalue weighted by Gasteiger charge is 2.23. The zero-order valence-electron chi connectivity index (χ0n) is 10.9. The second kappa shape index (κ2) is 3.82. The summed E-state index contributed by atoms with van der Waals surface area (Å²) in [5, 5.41) is 0. The maximum absolute atomic E-state index is 2.23. The van der Waals surface area contributed by atoms with E-state index in [4.69, 9.17) is 0 Å². The van der Waals surface area contributed by atoms with E-state index in [0.717, 1.165) is 6.42 Å². The summed E-state index contributed by atoms with van der Waals surface area (Å²) in [6.45, 7) is 0. The Labute approximate surface area is 112 Å². The van der Waals surface area contributed by atoms with Gasteiger partial charge in [0.05, 0.1) is 7.05 Å². The van der Waals surface area contributed by atoms with E-state index >= 15 is 0 Å². The molecule has 0 unspecified atom stereocenters. The van der Waals surface area contributed by atoms with E-state index in [9.17, 15) is 0 Å². The first kappa shape index (κ1) is 10.6. The molecule has 1 heterocycles. The Balaban J connectivity index is 1.94. The Morgan fingerprint density at radius 1 is 1.00 bits per heavy atom. The number of nitrogens with zero attached hydrogens (tertiary/aromatic N) is 2. The number of hydrogen-bond donors (Lipinski definition) is 0. The topological polar surface area (TPSA) is 8.81 Å². The van der Waals surface area contributed by atoms with Crippen LogP contribution in [0.5, 0.6) is 0 Å². The predicted octanol–water partition coefficient (Wildman–Crippen LogP) is 2.87. The van der Waals surface area contributed by atoms with Gasteiger partial charge in [0.1, 0.15) is 18.1 Å². The second-order valence-electron chi connectivity index (χ2n) is 5.12. The largest absolute Gasteiger partial charge is 0.248 e. The van der Waals surface area contributed by atoms with E-state index in [2.05, 4.69) is 77.4 Å². The van der Waals surface area contributed by atoms with Crippen molar-refractivity contribution < 1.29 is 4.57 Å². The highest BCUT2D eigenvalue weighted by atomic mass is 15.1. The van der Waals surface area contributed by atoms with Gasteiger partial charge in [-0.2, -0.15) is 0 Å². The molecular weight excluding hydrogens is 232 g/mol. The van der Waals surface area contributed by atoms with Crippen LogP contribution >= 0.6 is 0 Å². The predicted molar refractivity (Wildman–Crippen MR) is 75.2 cm³/mol. The van der Waals surface area contributed by atoms with Crippen LogP contribution in [0.1, 0.15) is 11.1 Å². The standard InChI is InChI=1S/C17H15N2/c1-18-9-10-19(12-18)17-8-4-7-15-14-6-3-2-5-13(14)11-16(15)17/h2-10,12H,11H2,1H3/q+1. The molecule has 2 aromatic carbocycles. The molecule has 2 nitrogen and oxygen atoms in total. The van der Waals surface area contributed by atoms with Crippen LogP contribution in [-0.4, -0.2) is 4.57 Å². The Morgan fingerprint density at radius 2 is 1.84 bits per heavy atom. The van der Waals surface area contributed by atoms with Crippen molar-refractivity contribution in [2.75, 3.05) is 0 Å². The van der Waals surface area contributed by atoms with E-state index in [0.29, 0.717) is 0 Å². The molecular formula is C17H15N2+. The number of fused-ring (bicyclic) bond motifs is 3. The number of rotatable bonds is 1. The summed E-state index contributed by atoms with van der Waals surface area (Å²) >= 11 is 0. The Morgan fingerprint density at radius 3 is 2.68 bits per heavy atom. The smallest absolute Gasteiger partial charge is 0.239 e. The van der Waals surface area contributed by atoms with E-state index in [-0.39, 0.29) is 0 Å². The first-order chi connectivity index (χ1) is 9.33. The van der Waals surface area contributed by atoms with Gasteiger partial charge in [-0.3, -0.25) is 0 Å². The average Bonchev–Trinajstić information content (AvgIpc) is 3.02. The average molecular weight is 247 g/mol. The lowest BCUT2D eigenvalue weighted by molar-refractivity contribution is -0.670. The zero-order chi connectivity index (χ0) is 12.8. The molecule has 0 amide bonds. The minimum atomic E-state index is 1.03. The highest BCUT2D eigenvalue weighted by Crippen LogP contribution is 2.39. The van der Waals surface area contributed by atoms with Gasteiger partial charge in [0, 0.05) is 12.0 Å². The molecule has 0 fully saturated rings. The Hall–Kier alpha value is -2.35. The van der Waals surface area contributed by atoms with Crippen LogP contribution in [0.4, 0.5) is 0 Å². The van der Waals surface area contributed by atoms with Crippen LogP contribution in [0.25, 0.3) is 16.8 Å². The second-order valence-corrected chi connectivity index (χ2v) is 5.12. The number of benzene rings is 2. The molecule has 0 atom stereocenters. The molecule has 0 saturated heterocycles. The molecule has 1 aliphatic carbocycles. The maximum atomic E-state index is 2.23. The minimum absolute atomic E-state index is 1.03. The Bertz CT molecular complexity index is 768. The molecule has 0 N–H and O–H groups in total. The van der Waals surface area contributed by atoms with E-state index in [1.54, 1.807) is 0 Å². The molecule has 0 bridgehead atoms. The first-order valence-corrected chi connectivity index (χ1v) is 6.57. The van der Waals surface area contributed by atoms with E-state index in [1.165, 1.54) is 27.9 Å². The molecule has 2 heteroatoms. The Kier molecular flexibility index (Phi) is 2.12. The van der Waals surface area contributed by atoms with Crippen molar-refractivity contribution in [3.8, 4) is 16.8 Å². The molecule has 1 aliphatic rings. The summed E-state index contributed by atoms with van der Waals surface area (Å²) in [7, 11) is 2.05. The van der Waals surface area contributed by atoms with Crippen LogP contribution in [0, 0.1) is 0 Å². The molecule has 3 aromatic rings. The van der Waals surface area contributed by atoms with Crippen molar-refractivity contribution in [2.45, 2.75) is 6.42 Å². The zero-order valence-corrected chi connectivity index (χ0v) is 10.9. The third kappa shape index (κ3) is 1.53. The molecule has 4 rings (SSSR count). The van der Waals surface area contributed by atoms with E-state index in [1.807, 2.05) is 0 Å². The van der Waals surface area contributed by atoms with Crippen molar-refractivity contribution in [3.05, 3.63) is 72.3 Å². The van der Waals surface area contributed by atoms with Crippen LogP contribution < -0.4 is 4.57 Å². The van der Waals surface area contributed by atoms with Crippen LogP contribution in [-0.2, 0) is 13.5 Å². The fourth-order valence-corrected chi connectivity index (χ4v) is 2.98. The van der Waals surface area contributed by atoms with Crippen molar-refractivity contribution in [3.63, 3.8) is 0 Å². The van der Waals surface area contributed by atoms with Gasteiger partial charge >= 0.3 is 0 Å². The highest BCUT2D eigenvalue weighted by molar-refractivity contribution is 5.79. The van der Waals surface area contributed by atoms with Gasteiger partial charge in [0.2, 0.25) is 6.33 Å². The fourth-order valence-electron chi connectivity index (χ4n) is 2.98. The molecule has 19 heavy (non-hydrogen) atoms. The van der Waals surface area contributed by atoms with Crippen molar-refractivity contribution in [1.29, 1.82) is 0 Å².